The van der Waals surface area contributed by atoms with Crippen LogP contribution in [-0.2, 0) is 0 Å². The Kier molecular flexibility index (Phi) is 2.75. The molecule has 1 aromatic heterocycles. The molecule has 0 spiro atoms. The van der Waals surface area contributed by atoms with Crippen molar-refractivity contribution in [1.82, 2.24) is 0 Å². The monoisotopic (exact) mass is 199 g/mol. The number of benzene rings is 1. The molecule has 1 heterocycles. The minimum absolute atomic E-state index is 0.0373. The van der Waals surface area contributed by atoms with Gasteiger partial charge in [-0.1, -0.05) is 18.2 Å². The normalized spacial score (nSPS) is 12.5. The molecule has 2 N–H and O–H groups in total. The first-order valence-electron chi connectivity index (χ1n) is 4.98. The van der Waals surface area contributed by atoms with Crippen molar-refractivity contribution in [2.75, 3.05) is 0 Å². The summed E-state index contributed by atoms with van der Waals surface area (Å²) in [5, 5.41) is 1.09. The first kappa shape index (κ1) is 9.82. The molecule has 0 aliphatic rings. The lowest BCUT2D eigenvalue weighted by molar-refractivity contribution is 0.592. The van der Waals surface area contributed by atoms with Crippen LogP contribution in [0.4, 0.5) is 0 Å². The van der Waals surface area contributed by atoms with Crippen molar-refractivity contribution < 1.29 is 4.42 Å². The second-order valence-electron chi connectivity index (χ2n) is 3.54. The Labute approximate surface area is 89.1 Å². The highest BCUT2D eigenvalue weighted by Crippen LogP contribution is 2.26. The van der Waals surface area contributed by atoms with Crippen molar-refractivity contribution >= 4 is 11.0 Å². The standard InChI is InChI=1S/C13H13NO/c1-2-3-7-12(14)11-9-15-13-8-5-4-6-10(11)13/h1,4-6,8-9,12H,3,7,14H2. The second-order valence-corrected chi connectivity index (χ2v) is 3.54. The lowest BCUT2D eigenvalue weighted by Gasteiger charge is -2.07. The van der Waals surface area contributed by atoms with Crippen molar-refractivity contribution in [3.8, 4) is 12.3 Å². The Hall–Kier alpha value is -1.72. The molecule has 0 saturated carbocycles. The largest absolute Gasteiger partial charge is 0.464 e. The van der Waals surface area contributed by atoms with Gasteiger partial charge in [0.25, 0.3) is 0 Å². The fraction of sp³-hybridized carbons (Fsp3) is 0.231. The van der Waals surface area contributed by atoms with E-state index < -0.39 is 0 Å². The smallest absolute Gasteiger partial charge is 0.134 e. The Morgan fingerprint density at radius 2 is 2.20 bits per heavy atom. The Balaban J connectivity index is 2.32. The molecule has 0 saturated heterocycles. The summed E-state index contributed by atoms with van der Waals surface area (Å²) in [6.07, 6.45) is 8.43. The Bertz CT molecular complexity index is 492. The Morgan fingerprint density at radius 1 is 1.40 bits per heavy atom. The van der Waals surface area contributed by atoms with Crippen LogP contribution in [0.15, 0.2) is 34.9 Å². The van der Waals surface area contributed by atoms with Gasteiger partial charge >= 0.3 is 0 Å². The minimum Gasteiger partial charge on any atom is -0.464 e. The number of terminal acetylenes is 1. The SMILES string of the molecule is C#CCCC(N)c1coc2ccccc12. The van der Waals surface area contributed by atoms with Gasteiger partial charge in [-0.15, -0.1) is 12.3 Å². The third kappa shape index (κ3) is 1.88. The van der Waals surface area contributed by atoms with E-state index in [1.54, 1.807) is 6.26 Å². The molecule has 1 atom stereocenters. The highest BCUT2D eigenvalue weighted by Gasteiger charge is 2.11. The molecular weight excluding hydrogens is 186 g/mol. The van der Waals surface area contributed by atoms with Crippen LogP contribution >= 0.6 is 0 Å². The third-order valence-electron chi connectivity index (χ3n) is 2.51. The molecule has 76 valence electrons. The van der Waals surface area contributed by atoms with Gasteiger partial charge in [0.05, 0.1) is 6.26 Å². The zero-order chi connectivity index (χ0) is 10.7. The van der Waals surface area contributed by atoms with Crippen LogP contribution in [0, 0.1) is 12.3 Å². The number of fused-ring (bicyclic) bond motifs is 1. The van der Waals surface area contributed by atoms with Gasteiger partial charge < -0.3 is 10.2 Å². The fourth-order valence-corrected chi connectivity index (χ4v) is 1.68. The molecule has 0 fully saturated rings. The van der Waals surface area contributed by atoms with Crippen LogP contribution in [-0.4, -0.2) is 0 Å². The highest BCUT2D eigenvalue weighted by molar-refractivity contribution is 5.81. The van der Waals surface area contributed by atoms with E-state index in [0.717, 1.165) is 23.0 Å². The maximum atomic E-state index is 6.04. The molecule has 1 aromatic carbocycles. The fourth-order valence-electron chi connectivity index (χ4n) is 1.68. The molecule has 2 rings (SSSR count). The van der Waals surface area contributed by atoms with Crippen LogP contribution in [0.3, 0.4) is 0 Å². The number of nitrogens with two attached hydrogens (primary N) is 1. The average molecular weight is 199 g/mol. The van der Waals surface area contributed by atoms with E-state index in [2.05, 4.69) is 5.92 Å². The van der Waals surface area contributed by atoms with E-state index in [9.17, 15) is 0 Å². The van der Waals surface area contributed by atoms with Gasteiger partial charge in [0, 0.05) is 23.4 Å². The van der Waals surface area contributed by atoms with Gasteiger partial charge in [0.1, 0.15) is 5.58 Å². The molecule has 0 amide bonds. The molecule has 0 bridgehead atoms. The average Bonchev–Trinajstić information content (AvgIpc) is 2.69. The topological polar surface area (TPSA) is 39.2 Å². The third-order valence-corrected chi connectivity index (χ3v) is 2.51. The molecule has 2 aromatic rings. The second kappa shape index (κ2) is 4.20. The molecule has 15 heavy (non-hydrogen) atoms. The van der Waals surface area contributed by atoms with Gasteiger partial charge in [0.2, 0.25) is 0 Å². The van der Waals surface area contributed by atoms with Crippen LogP contribution in [0.25, 0.3) is 11.0 Å². The molecule has 2 heteroatoms. The first-order chi connectivity index (χ1) is 7.33. The first-order valence-corrected chi connectivity index (χ1v) is 4.98. The molecule has 0 aliphatic carbocycles. The van der Waals surface area contributed by atoms with Crippen LogP contribution in [0.2, 0.25) is 0 Å². The summed E-state index contributed by atoms with van der Waals surface area (Å²) < 4.78 is 5.42. The zero-order valence-electron chi connectivity index (χ0n) is 8.44. The van der Waals surface area contributed by atoms with Gasteiger partial charge in [0.15, 0.2) is 0 Å². The predicted octanol–water partition coefficient (Wildman–Crippen LogP) is 2.85. The van der Waals surface area contributed by atoms with Crippen molar-refractivity contribution in [3.05, 3.63) is 36.1 Å². The number of furan rings is 1. The number of hydrogen-bond donors (Lipinski definition) is 1. The number of rotatable bonds is 3. The molecule has 0 aliphatic heterocycles. The highest BCUT2D eigenvalue weighted by atomic mass is 16.3. The zero-order valence-corrected chi connectivity index (χ0v) is 8.44. The van der Waals surface area contributed by atoms with E-state index in [1.807, 2.05) is 24.3 Å². The lowest BCUT2D eigenvalue weighted by atomic mass is 10.0. The summed E-state index contributed by atoms with van der Waals surface area (Å²) in [5.41, 5.74) is 7.96. The summed E-state index contributed by atoms with van der Waals surface area (Å²) in [6, 6.07) is 7.85. The predicted molar refractivity (Wildman–Crippen MR) is 61.2 cm³/mol. The van der Waals surface area contributed by atoms with E-state index in [1.165, 1.54) is 0 Å². The van der Waals surface area contributed by atoms with E-state index >= 15 is 0 Å². The van der Waals surface area contributed by atoms with Crippen LogP contribution in [0.5, 0.6) is 0 Å². The van der Waals surface area contributed by atoms with Crippen LogP contribution < -0.4 is 5.73 Å². The molecular formula is C13H13NO. The Morgan fingerprint density at radius 3 is 3.00 bits per heavy atom. The number of para-hydroxylation sites is 1. The molecule has 2 nitrogen and oxygen atoms in total. The minimum atomic E-state index is -0.0373. The number of hydrogen-bond acceptors (Lipinski definition) is 2. The van der Waals surface area contributed by atoms with Gasteiger partial charge in [-0.3, -0.25) is 0 Å². The van der Waals surface area contributed by atoms with Crippen molar-refractivity contribution in [2.45, 2.75) is 18.9 Å². The summed E-state index contributed by atoms with van der Waals surface area (Å²) >= 11 is 0. The van der Waals surface area contributed by atoms with E-state index in [4.69, 9.17) is 16.6 Å². The maximum Gasteiger partial charge on any atom is 0.134 e. The molecule has 0 radical (unpaired) electrons. The maximum absolute atomic E-state index is 6.04. The summed E-state index contributed by atoms with van der Waals surface area (Å²) in [4.78, 5) is 0. The summed E-state index contributed by atoms with van der Waals surface area (Å²) in [6.45, 7) is 0. The summed E-state index contributed by atoms with van der Waals surface area (Å²) in [7, 11) is 0. The van der Waals surface area contributed by atoms with E-state index in [-0.39, 0.29) is 6.04 Å². The van der Waals surface area contributed by atoms with Gasteiger partial charge in [-0.2, -0.15) is 0 Å². The van der Waals surface area contributed by atoms with Crippen molar-refractivity contribution in [1.29, 1.82) is 0 Å². The van der Waals surface area contributed by atoms with Gasteiger partial charge in [-0.25, -0.2) is 0 Å². The van der Waals surface area contributed by atoms with Crippen LogP contribution in [0.1, 0.15) is 24.4 Å². The van der Waals surface area contributed by atoms with Crippen molar-refractivity contribution in [2.24, 2.45) is 5.73 Å². The van der Waals surface area contributed by atoms with Crippen molar-refractivity contribution in [3.63, 3.8) is 0 Å². The van der Waals surface area contributed by atoms with Gasteiger partial charge in [-0.05, 0) is 12.5 Å². The summed E-state index contributed by atoms with van der Waals surface area (Å²) in [5.74, 6) is 2.60. The molecule has 1 unspecified atom stereocenters. The quantitative estimate of drug-likeness (QED) is 0.772. The van der Waals surface area contributed by atoms with E-state index in [0.29, 0.717) is 6.42 Å². The lowest BCUT2D eigenvalue weighted by Crippen LogP contribution is -2.08.